The number of carbonyl (C=O) groups is 4. The standard InChI is InChI=1S/C63H102O12/c1-4-7-10-13-16-19-22-25-27-28-30-33-36-39-42-45-48-51-57(66)74-61-59(68)58(67)60(62(69)70)75-63(61)72-53-54(73-56(65)50-47-44-41-38-35-31-24-21-18-15-12-9-6-3)52-71-55(64)49-46-43-40-37-34-32-29-26-23-20-17-14-11-8-5-2/h8-9,11-12,17-18,20-21,26,29,31,34-35,37,41,44,54,58-61,63,67-68H,4-7,10,13-16,19,22-25,27-28,30,32-33,36,38-40,42-43,45-53H2,1-3H3,(H,69,70)/b11-8-,12-9-,20-17-,21-18-,29-26-,35-31-,37-34-,44-41-. The Balaban J connectivity index is 2.74. The van der Waals surface area contributed by atoms with Crippen LogP contribution in [0.1, 0.15) is 226 Å². The van der Waals surface area contributed by atoms with Crippen molar-refractivity contribution in [1.82, 2.24) is 0 Å². The molecular formula is C63H102O12. The molecule has 0 aromatic heterocycles. The molecule has 1 aliphatic heterocycles. The van der Waals surface area contributed by atoms with Gasteiger partial charge < -0.3 is 39.0 Å². The SMILES string of the molecule is CC/C=C\C/C=C\C/C=C\C/C=C\CCCCC(=O)OCC(COC1OC(C(=O)O)C(O)C(O)C1OC(=O)CCCCCCCCCCCCCCCCCCC)OC(=O)CC/C=C\C/C=C\C/C=C\C/C=C\CC. The van der Waals surface area contributed by atoms with E-state index in [0.29, 0.717) is 25.7 Å². The summed E-state index contributed by atoms with van der Waals surface area (Å²) in [6.45, 7) is 5.66. The highest BCUT2D eigenvalue weighted by atomic mass is 16.7. The lowest BCUT2D eigenvalue weighted by Crippen LogP contribution is -2.61. The Kier molecular flexibility index (Phi) is 46.2. The molecule has 426 valence electrons. The minimum Gasteiger partial charge on any atom is -0.479 e. The summed E-state index contributed by atoms with van der Waals surface area (Å²) in [5.74, 6) is -3.29. The number of allylic oxidation sites excluding steroid dienone is 16. The van der Waals surface area contributed by atoms with Gasteiger partial charge in [0.2, 0.25) is 0 Å². The fourth-order valence-corrected chi connectivity index (χ4v) is 8.25. The van der Waals surface area contributed by atoms with Gasteiger partial charge in [-0.05, 0) is 83.5 Å². The van der Waals surface area contributed by atoms with Crippen LogP contribution in [0.3, 0.4) is 0 Å². The number of hydrogen-bond acceptors (Lipinski definition) is 11. The normalized spacial score (nSPS) is 18.9. The van der Waals surface area contributed by atoms with Crippen molar-refractivity contribution in [2.24, 2.45) is 0 Å². The Hall–Kier alpha value is -4.36. The van der Waals surface area contributed by atoms with Gasteiger partial charge in [-0.15, -0.1) is 0 Å². The lowest BCUT2D eigenvalue weighted by Gasteiger charge is -2.40. The van der Waals surface area contributed by atoms with Gasteiger partial charge in [-0.25, -0.2) is 4.79 Å². The lowest BCUT2D eigenvalue weighted by molar-refractivity contribution is -0.301. The Morgan fingerprint density at radius 3 is 1.33 bits per heavy atom. The summed E-state index contributed by atoms with van der Waals surface area (Å²) in [5, 5.41) is 31.5. The van der Waals surface area contributed by atoms with Gasteiger partial charge in [-0.1, -0.05) is 221 Å². The Morgan fingerprint density at radius 2 is 0.867 bits per heavy atom. The predicted octanol–water partition coefficient (Wildman–Crippen LogP) is 14.9. The third-order valence-corrected chi connectivity index (χ3v) is 12.7. The first-order valence-electron chi connectivity index (χ1n) is 29.2. The molecule has 6 atom stereocenters. The van der Waals surface area contributed by atoms with Crippen LogP contribution in [-0.2, 0) is 42.9 Å². The number of rotatable bonds is 48. The van der Waals surface area contributed by atoms with Gasteiger partial charge in [0.05, 0.1) is 6.61 Å². The maximum atomic E-state index is 13.1. The van der Waals surface area contributed by atoms with Crippen molar-refractivity contribution in [2.45, 2.75) is 263 Å². The van der Waals surface area contributed by atoms with Gasteiger partial charge in [0.15, 0.2) is 24.6 Å². The number of ether oxygens (including phenoxy) is 5. The van der Waals surface area contributed by atoms with Crippen molar-refractivity contribution in [1.29, 1.82) is 0 Å². The molecule has 1 aliphatic rings. The van der Waals surface area contributed by atoms with Crippen LogP contribution in [0.5, 0.6) is 0 Å². The monoisotopic (exact) mass is 1050 g/mol. The van der Waals surface area contributed by atoms with Crippen molar-refractivity contribution in [3.05, 3.63) is 97.2 Å². The van der Waals surface area contributed by atoms with E-state index in [2.05, 4.69) is 106 Å². The second-order valence-corrected chi connectivity index (χ2v) is 19.5. The predicted molar refractivity (Wildman–Crippen MR) is 303 cm³/mol. The van der Waals surface area contributed by atoms with Crippen LogP contribution in [0.4, 0.5) is 0 Å². The maximum Gasteiger partial charge on any atom is 0.335 e. The summed E-state index contributed by atoms with van der Waals surface area (Å²) in [6.07, 6.45) is 54.0. The zero-order chi connectivity index (χ0) is 54.7. The Labute approximate surface area is 453 Å². The van der Waals surface area contributed by atoms with Gasteiger partial charge in [-0.3, -0.25) is 14.4 Å². The van der Waals surface area contributed by atoms with E-state index in [9.17, 15) is 34.5 Å². The Morgan fingerprint density at radius 1 is 0.453 bits per heavy atom. The van der Waals surface area contributed by atoms with Crippen molar-refractivity contribution in [3.8, 4) is 0 Å². The van der Waals surface area contributed by atoms with Crippen LogP contribution in [-0.4, -0.2) is 89.2 Å². The molecule has 6 unspecified atom stereocenters. The first-order chi connectivity index (χ1) is 36.6. The largest absolute Gasteiger partial charge is 0.479 e. The van der Waals surface area contributed by atoms with Crippen molar-refractivity contribution in [3.63, 3.8) is 0 Å². The summed E-state index contributed by atoms with van der Waals surface area (Å²) in [6, 6.07) is 0. The van der Waals surface area contributed by atoms with Gasteiger partial charge in [0, 0.05) is 19.3 Å². The molecule has 0 saturated carbocycles. The van der Waals surface area contributed by atoms with Gasteiger partial charge in [0.25, 0.3) is 0 Å². The van der Waals surface area contributed by atoms with Crippen LogP contribution in [0, 0.1) is 0 Å². The van der Waals surface area contributed by atoms with Gasteiger partial charge in [0.1, 0.15) is 18.8 Å². The highest BCUT2D eigenvalue weighted by molar-refractivity contribution is 5.74. The lowest BCUT2D eigenvalue weighted by atomic mass is 9.98. The first kappa shape index (κ1) is 68.7. The second kappa shape index (κ2) is 50.5. The van der Waals surface area contributed by atoms with Crippen molar-refractivity contribution < 1.29 is 58.2 Å². The molecule has 1 heterocycles. The number of carbonyl (C=O) groups excluding carboxylic acids is 3. The highest BCUT2D eigenvalue weighted by Crippen LogP contribution is 2.26. The average Bonchev–Trinajstić information content (AvgIpc) is 3.39. The molecule has 3 N–H and O–H groups in total. The number of esters is 3. The summed E-state index contributed by atoms with van der Waals surface area (Å²) in [4.78, 5) is 51.0. The molecule has 12 heteroatoms. The van der Waals surface area contributed by atoms with Crippen LogP contribution in [0.25, 0.3) is 0 Å². The van der Waals surface area contributed by atoms with E-state index in [1.165, 1.54) is 77.0 Å². The number of aliphatic hydroxyl groups is 2. The smallest absolute Gasteiger partial charge is 0.335 e. The molecule has 0 radical (unpaired) electrons. The minimum atomic E-state index is -1.92. The van der Waals surface area contributed by atoms with E-state index in [0.717, 1.165) is 83.5 Å². The minimum absolute atomic E-state index is 0.0293. The molecule has 0 amide bonds. The number of carboxylic acid groups (broad SMARTS) is 1. The fraction of sp³-hybridized carbons (Fsp3) is 0.683. The van der Waals surface area contributed by atoms with Crippen LogP contribution < -0.4 is 0 Å². The quantitative estimate of drug-likeness (QED) is 0.0228. The maximum absolute atomic E-state index is 13.1. The molecule has 0 bridgehead atoms. The number of unbranched alkanes of at least 4 members (excludes halogenated alkanes) is 18. The van der Waals surface area contributed by atoms with Crippen LogP contribution >= 0.6 is 0 Å². The van der Waals surface area contributed by atoms with Crippen LogP contribution in [0.2, 0.25) is 0 Å². The summed E-state index contributed by atoms with van der Waals surface area (Å²) < 4.78 is 28.3. The number of carboxylic acids is 1. The number of hydrogen-bond donors (Lipinski definition) is 3. The molecule has 1 saturated heterocycles. The average molecular weight is 1050 g/mol. The van der Waals surface area contributed by atoms with Crippen LogP contribution in [0.15, 0.2) is 97.2 Å². The topological polar surface area (TPSA) is 175 Å². The summed E-state index contributed by atoms with van der Waals surface area (Å²) in [7, 11) is 0. The summed E-state index contributed by atoms with van der Waals surface area (Å²) in [5.41, 5.74) is 0. The first-order valence-corrected chi connectivity index (χ1v) is 29.2. The molecule has 12 nitrogen and oxygen atoms in total. The van der Waals surface area contributed by atoms with E-state index in [1.54, 1.807) is 0 Å². The van der Waals surface area contributed by atoms with E-state index < -0.39 is 67.3 Å². The third kappa shape index (κ3) is 40.6. The van der Waals surface area contributed by atoms with Gasteiger partial charge in [-0.2, -0.15) is 0 Å². The summed E-state index contributed by atoms with van der Waals surface area (Å²) >= 11 is 0. The number of aliphatic hydroxyl groups excluding tert-OH is 2. The van der Waals surface area contributed by atoms with E-state index in [4.69, 9.17) is 23.7 Å². The molecule has 1 fully saturated rings. The fourth-order valence-electron chi connectivity index (χ4n) is 8.25. The third-order valence-electron chi connectivity index (χ3n) is 12.7. The zero-order valence-electron chi connectivity index (χ0n) is 46.8. The van der Waals surface area contributed by atoms with E-state index in [-0.39, 0.29) is 25.9 Å². The molecule has 0 aromatic rings. The van der Waals surface area contributed by atoms with Crippen molar-refractivity contribution in [2.75, 3.05) is 13.2 Å². The van der Waals surface area contributed by atoms with E-state index in [1.807, 2.05) is 12.2 Å². The number of aliphatic carboxylic acids is 1. The molecule has 1 rings (SSSR count). The highest BCUT2D eigenvalue weighted by Gasteiger charge is 2.50. The molecule has 0 spiro atoms. The molecular weight excluding hydrogens is 949 g/mol. The Bertz CT molecular complexity index is 1670. The van der Waals surface area contributed by atoms with Gasteiger partial charge >= 0.3 is 23.9 Å². The molecule has 0 aromatic carbocycles. The zero-order valence-corrected chi connectivity index (χ0v) is 46.8. The second-order valence-electron chi connectivity index (χ2n) is 19.5. The van der Waals surface area contributed by atoms with Crippen molar-refractivity contribution >= 4 is 23.9 Å². The molecule has 75 heavy (non-hydrogen) atoms. The molecule has 0 aliphatic carbocycles. The van der Waals surface area contributed by atoms with E-state index >= 15 is 0 Å².